The first-order chi connectivity index (χ1) is 12.7. The van der Waals surface area contributed by atoms with Crippen molar-refractivity contribution in [2.45, 2.75) is 36.5 Å². The van der Waals surface area contributed by atoms with Gasteiger partial charge in [0.2, 0.25) is 11.7 Å². The van der Waals surface area contributed by atoms with E-state index in [0.29, 0.717) is 17.2 Å². The van der Waals surface area contributed by atoms with Crippen molar-refractivity contribution in [1.82, 2.24) is 34.7 Å². The Labute approximate surface area is 155 Å². The van der Waals surface area contributed by atoms with Gasteiger partial charge in [0, 0.05) is 25.5 Å². The largest absolute Gasteiger partial charge is 0.342 e. The van der Waals surface area contributed by atoms with Crippen molar-refractivity contribution in [3.8, 4) is 11.5 Å². The van der Waals surface area contributed by atoms with Gasteiger partial charge in [0.1, 0.15) is 10.7 Å². The van der Waals surface area contributed by atoms with E-state index in [0.717, 1.165) is 31.0 Å². The van der Waals surface area contributed by atoms with Crippen molar-refractivity contribution in [3.63, 3.8) is 0 Å². The maximum atomic E-state index is 12.6. The van der Waals surface area contributed by atoms with Crippen LogP contribution in [0.15, 0.2) is 35.7 Å². The first-order valence-electron chi connectivity index (χ1n) is 8.66. The van der Waals surface area contributed by atoms with Gasteiger partial charge in [0.25, 0.3) is 0 Å². The number of carbonyl (C=O) groups excluding carboxylic acids is 1. The topological polar surface area (TPSA) is 89.2 Å². The monoisotopic (exact) mass is 369 g/mol. The van der Waals surface area contributed by atoms with Crippen LogP contribution in [0, 0.1) is 0 Å². The highest BCUT2D eigenvalue weighted by atomic mass is 32.2. The molecule has 1 aliphatic heterocycles. The first-order valence-corrected chi connectivity index (χ1v) is 9.54. The minimum absolute atomic E-state index is 0.175. The quantitative estimate of drug-likeness (QED) is 0.650. The maximum absolute atomic E-state index is 12.6. The summed E-state index contributed by atoms with van der Waals surface area (Å²) in [6, 6.07) is 3.72. The van der Waals surface area contributed by atoms with Crippen LogP contribution in [-0.2, 0) is 4.79 Å². The van der Waals surface area contributed by atoms with Crippen molar-refractivity contribution in [2.75, 3.05) is 13.1 Å². The summed E-state index contributed by atoms with van der Waals surface area (Å²) in [6.45, 7) is 3.65. The molecule has 9 heteroatoms. The second kappa shape index (κ2) is 7.36. The molecule has 0 spiro atoms. The lowest BCUT2D eigenvalue weighted by Crippen LogP contribution is -2.40. The van der Waals surface area contributed by atoms with Gasteiger partial charge >= 0.3 is 0 Å². The standard InChI is InChI=1S/C17H19N7OS/c1-12(17(25)23-9-3-2-4-10-23)26-15-6-5-14-20-21-16(24(14)22-15)13-11-18-7-8-19-13/h5-8,11-12H,2-4,9-10H2,1H3. The number of hydrogen-bond donors (Lipinski definition) is 0. The number of piperidine rings is 1. The molecule has 1 fully saturated rings. The van der Waals surface area contributed by atoms with E-state index in [-0.39, 0.29) is 11.2 Å². The van der Waals surface area contributed by atoms with Gasteiger partial charge < -0.3 is 4.90 Å². The molecule has 0 radical (unpaired) electrons. The maximum Gasteiger partial charge on any atom is 0.235 e. The zero-order chi connectivity index (χ0) is 17.9. The van der Waals surface area contributed by atoms with E-state index < -0.39 is 0 Å². The molecule has 3 aromatic rings. The van der Waals surface area contributed by atoms with Crippen molar-refractivity contribution >= 4 is 23.3 Å². The number of thioether (sulfide) groups is 1. The number of carbonyl (C=O) groups is 1. The molecular formula is C17H19N7OS. The van der Waals surface area contributed by atoms with Crippen molar-refractivity contribution in [2.24, 2.45) is 0 Å². The molecule has 4 rings (SSSR count). The SMILES string of the molecule is CC(Sc1ccc2nnc(-c3cnccn3)n2n1)C(=O)N1CCCCC1. The van der Waals surface area contributed by atoms with Crippen LogP contribution in [0.2, 0.25) is 0 Å². The molecule has 0 aromatic carbocycles. The second-order valence-electron chi connectivity index (χ2n) is 6.20. The molecule has 3 aromatic heterocycles. The Morgan fingerprint density at radius 3 is 2.77 bits per heavy atom. The summed E-state index contributed by atoms with van der Waals surface area (Å²) in [4.78, 5) is 22.9. The molecule has 0 N–H and O–H groups in total. The van der Waals surface area contributed by atoms with E-state index in [9.17, 15) is 4.79 Å². The summed E-state index contributed by atoms with van der Waals surface area (Å²) in [6.07, 6.45) is 8.23. The van der Waals surface area contributed by atoms with Gasteiger partial charge in [-0.1, -0.05) is 11.8 Å². The third-order valence-corrected chi connectivity index (χ3v) is 5.36. The predicted octanol–water partition coefficient (Wildman–Crippen LogP) is 2.07. The molecule has 0 bridgehead atoms. The van der Waals surface area contributed by atoms with Crippen LogP contribution >= 0.6 is 11.8 Å². The lowest BCUT2D eigenvalue weighted by Gasteiger charge is -2.28. The average molecular weight is 369 g/mol. The zero-order valence-corrected chi connectivity index (χ0v) is 15.3. The number of likely N-dealkylation sites (tertiary alicyclic amines) is 1. The molecule has 8 nitrogen and oxygen atoms in total. The minimum Gasteiger partial charge on any atom is -0.342 e. The summed E-state index contributed by atoms with van der Waals surface area (Å²) in [5, 5.41) is 13.4. The van der Waals surface area contributed by atoms with Gasteiger partial charge in [-0.3, -0.25) is 9.78 Å². The fourth-order valence-corrected chi connectivity index (χ4v) is 3.90. The fourth-order valence-electron chi connectivity index (χ4n) is 3.01. The zero-order valence-electron chi connectivity index (χ0n) is 14.4. The van der Waals surface area contributed by atoms with Gasteiger partial charge in [-0.25, -0.2) is 4.98 Å². The van der Waals surface area contributed by atoms with Gasteiger partial charge in [-0.2, -0.15) is 9.61 Å². The van der Waals surface area contributed by atoms with Crippen molar-refractivity contribution < 1.29 is 4.79 Å². The average Bonchev–Trinajstić information content (AvgIpc) is 3.12. The van der Waals surface area contributed by atoms with E-state index >= 15 is 0 Å². The third kappa shape index (κ3) is 3.39. The summed E-state index contributed by atoms with van der Waals surface area (Å²) in [7, 11) is 0. The Morgan fingerprint density at radius 1 is 1.15 bits per heavy atom. The minimum atomic E-state index is -0.186. The van der Waals surface area contributed by atoms with Crippen LogP contribution in [0.5, 0.6) is 0 Å². The summed E-state index contributed by atoms with van der Waals surface area (Å²) in [5.41, 5.74) is 1.23. The van der Waals surface area contributed by atoms with Crippen LogP contribution in [0.4, 0.5) is 0 Å². The second-order valence-corrected chi connectivity index (χ2v) is 7.56. The molecule has 1 saturated heterocycles. The Kier molecular flexibility index (Phi) is 4.79. The van der Waals surface area contributed by atoms with Crippen LogP contribution in [0.3, 0.4) is 0 Å². The normalized spacial score (nSPS) is 16.0. The molecule has 0 aliphatic carbocycles. The van der Waals surface area contributed by atoms with Gasteiger partial charge in [-0.15, -0.1) is 10.2 Å². The summed E-state index contributed by atoms with van der Waals surface area (Å²) < 4.78 is 1.64. The first kappa shape index (κ1) is 16.9. The number of rotatable bonds is 4. The number of amides is 1. The number of fused-ring (bicyclic) bond motifs is 1. The molecule has 0 saturated carbocycles. The molecule has 1 unspecified atom stereocenters. The lowest BCUT2D eigenvalue weighted by atomic mass is 10.1. The Morgan fingerprint density at radius 2 is 2.00 bits per heavy atom. The Balaban J connectivity index is 1.56. The molecule has 26 heavy (non-hydrogen) atoms. The summed E-state index contributed by atoms with van der Waals surface area (Å²) >= 11 is 1.45. The molecule has 1 aliphatic rings. The Bertz CT molecular complexity index is 908. The van der Waals surface area contributed by atoms with Crippen LogP contribution in [0.25, 0.3) is 17.2 Å². The molecule has 1 amide bonds. The van der Waals surface area contributed by atoms with E-state index in [1.165, 1.54) is 18.2 Å². The molecule has 134 valence electrons. The van der Waals surface area contributed by atoms with E-state index in [4.69, 9.17) is 0 Å². The third-order valence-electron chi connectivity index (χ3n) is 4.34. The van der Waals surface area contributed by atoms with Crippen LogP contribution < -0.4 is 0 Å². The van der Waals surface area contributed by atoms with Crippen LogP contribution in [-0.4, -0.2) is 58.9 Å². The fraction of sp³-hybridized carbons (Fsp3) is 0.412. The van der Waals surface area contributed by atoms with Crippen LogP contribution in [0.1, 0.15) is 26.2 Å². The van der Waals surface area contributed by atoms with Gasteiger partial charge in [0.05, 0.1) is 11.4 Å². The van der Waals surface area contributed by atoms with E-state index in [2.05, 4.69) is 25.3 Å². The predicted molar refractivity (Wildman–Crippen MR) is 97.6 cm³/mol. The highest BCUT2D eigenvalue weighted by Gasteiger charge is 2.23. The van der Waals surface area contributed by atoms with Gasteiger partial charge in [0.15, 0.2) is 5.65 Å². The van der Waals surface area contributed by atoms with Crippen molar-refractivity contribution in [1.29, 1.82) is 0 Å². The molecule has 4 heterocycles. The molecule has 1 atom stereocenters. The van der Waals surface area contributed by atoms with Crippen molar-refractivity contribution in [3.05, 3.63) is 30.7 Å². The smallest absolute Gasteiger partial charge is 0.235 e. The van der Waals surface area contributed by atoms with E-state index in [1.54, 1.807) is 23.1 Å². The van der Waals surface area contributed by atoms with E-state index in [1.807, 2.05) is 24.0 Å². The summed E-state index contributed by atoms with van der Waals surface area (Å²) in [5.74, 6) is 0.708. The lowest BCUT2D eigenvalue weighted by molar-refractivity contribution is -0.131. The highest BCUT2D eigenvalue weighted by molar-refractivity contribution is 8.00. The molecular weight excluding hydrogens is 350 g/mol. The van der Waals surface area contributed by atoms with Gasteiger partial charge in [-0.05, 0) is 38.3 Å². The number of aromatic nitrogens is 6. The Hall–Kier alpha value is -2.55. The number of nitrogens with zero attached hydrogens (tertiary/aromatic N) is 7. The number of hydrogen-bond acceptors (Lipinski definition) is 7. The highest BCUT2D eigenvalue weighted by Crippen LogP contribution is 2.25.